The number of nitrogens with zero attached hydrogens (tertiary/aromatic N) is 1. The van der Waals surface area contributed by atoms with E-state index in [-0.39, 0.29) is 6.04 Å². The van der Waals surface area contributed by atoms with Crippen molar-refractivity contribution in [1.82, 2.24) is 0 Å². The molecule has 0 fully saturated rings. The van der Waals surface area contributed by atoms with E-state index in [0.717, 1.165) is 19.4 Å². The van der Waals surface area contributed by atoms with Crippen LogP contribution < -0.4 is 10.6 Å². The molecule has 2 heteroatoms. The summed E-state index contributed by atoms with van der Waals surface area (Å²) in [5, 5.41) is 0. The highest BCUT2D eigenvalue weighted by molar-refractivity contribution is 5.47. The van der Waals surface area contributed by atoms with Crippen molar-refractivity contribution in [3.05, 3.63) is 42.5 Å². The lowest BCUT2D eigenvalue weighted by atomic mass is 10.1. The Kier molecular flexibility index (Phi) is 5.06. The lowest BCUT2D eigenvalue weighted by Crippen LogP contribution is -2.18. The molecule has 0 saturated carbocycles. The van der Waals surface area contributed by atoms with Crippen molar-refractivity contribution in [2.45, 2.75) is 25.8 Å². The summed E-state index contributed by atoms with van der Waals surface area (Å²) in [6, 6.07) is 8.58. The highest BCUT2D eigenvalue weighted by atomic mass is 15.1. The Hall–Kier alpha value is -1.28. The quantitative estimate of drug-likeness (QED) is 0.587. The first-order valence-corrected chi connectivity index (χ1v) is 5.82. The van der Waals surface area contributed by atoms with E-state index < -0.39 is 0 Å². The summed E-state index contributed by atoms with van der Waals surface area (Å²) in [7, 11) is 2.12. The number of anilines is 1. The molecule has 0 amide bonds. The highest BCUT2D eigenvalue weighted by Crippen LogP contribution is 2.17. The van der Waals surface area contributed by atoms with Crippen LogP contribution >= 0.6 is 0 Å². The van der Waals surface area contributed by atoms with Crippen molar-refractivity contribution in [2.75, 3.05) is 18.5 Å². The minimum Gasteiger partial charge on any atom is -0.375 e. The van der Waals surface area contributed by atoms with Crippen LogP contribution in [0.1, 0.15) is 31.4 Å². The number of hydrogen-bond donors (Lipinski definition) is 1. The van der Waals surface area contributed by atoms with Crippen LogP contribution in [0.2, 0.25) is 0 Å². The van der Waals surface area contributed by atoms with Crippen LogP contribution in [0.25, 0.3) is 0 Å². The monoisotopic (exact) mass is 218 g/mol. The molecular weight excluding hydrogens is 196 g/mol. The van der Waals surface area contributed by atoms with Gasteiger partial charge in [-0.2, -0.15) is 0 Å². The maximum atomic E-state index is 5.81. The van der Waals surface area contributed by atoms with Crippen molar-refractivity contribution in [1.29, 1.82) is 0 Å². The average molecular weight is 218 g/mol. The molecule has 0 aliphatic heterocycles. The molecular formula is C14H22N2. The van der Waals surface area contributed by atoms with E-state index in [1.807, 2.05) is 13.0 Å². The van der Waals surface area contributed by atoms with Crippen LogP contribution in [0.4, 0.5) is 5.69 Å². The van der Waals surface area contributed by atoms with Gasteiger partial charge in [-0.1, -0.05) is 18.2 Å². The van der Waals surface area contributed by atoms with Gasteiger partial charge in [0.1, 0.15) is 0 Å². The summed E-state index contributed by atoms with van der Waals surface area (Å²) >= 11 is 0. The van der Waals surface area contributed by atoms with Crippen molar-refractivity contribution < 1.29 is 0 Å². The molecule has 1 aromatic carbocycles. The molecule has 0 saturated heterocycles. The fourth-order valence-electron chi connectivity index (χ4n) is 1.63. The van der Waals surface area contributed by atoms with Gasteiger partial charge >= 0.3 is 0 Å². The standard InChI is InChI=1S/C14H22N2/c1-4-5-6-11-16(3)14-9-7-13(8-10-14)12(2)15/h4,7-10,12H,1,5-6,11,15H2,2-3H3. The molecule has 2 N–H and O–H groups in total. The smallest absolute Gasteiger partial charge is 0.0363 e. The fourth-order valence-corrected chi connectivity index (χ4v) is 1.63. The van der Waals surface area contributed by atoms with Crippen molar-refractivity contribution in [2.24, 2.45) is 5.73 Å². The molecule has 0 radical (unpaired) electrons. The largest absolute Gasteiger partial charge is 0.375 e. The van der Waals surface area contributed by atoms with E-state index in [1.54, 1.807) is 0 Å². The lowest BCUT2D eigenvalue weighted by Gasteiger charge is -2.19. The third-order valence-corrected chi connectivity index (χ3v) is 2.76. The maximum absolute atomic E-state index is 5.81. The van der Waals surface area contributed by atoms with Gasteiger partial charge in [-0.15, -0.1) is 6.58 Å². The normalized spacial score (nSPS) is 12.2. The molecule has 2 nitrogen and oxygen atoms in total. The molecule has 1 unspecified atom stereocenters. The van der Waals surface area contributed by atoms with Crippen molar-refractivity contribution >= 4 is 5.69 Å². The molecule has 1 aromatic rings. The molecule has 88 valence electrons. The van der Waals surface area contributed by atoms with Gasteiger partial charge < -0.3 is 10.6 Å². The average Bonchev–Trinajstić information content (AvgIpc) is 2.29. The van der Waals surface area contributed by atoms with Gasteiger partial charge in [0, 0.05) is 25.3 Å². The van der Waals surface area contributed by atoms with Crippen LogP contribution in [-0.2, 0) is 0 Å². The number of unbranched alkanes of at least 4 members (excludes halogenated alkanes) is 1. The Morgan fingerprint density at radius 1 is 1.38 bits per heavy atom. The number of nitrogens with two attached hydrogens (primary N) is 1. The van der Waals surface area contributed by atoms with Crippen molar-refractivity contribution in [3.8, 4) is 0 Å². The summed E-state index contributed by atoms with van der Waals surface area (Å²) in [6.45, 7) is 6.79. The van der Waals surface area contributed by atoms with Crippen LogP contribution in [0.3, 0.4) is 0 Å². The first kappa shape index (κ1) is 12.8. The SMILES string of the molecule is C=CCCCN(C)c1ccc(C(C)N)cc1. The Labute approximate surface area is 98.8 Å². The second-order valence-corrected chi connectivity index (χ2v) is 4.23. The van der Waals surface area contributed by atoms with E-state index in [0.29, 0.717) is 0 Å². The van der Waals surface area contributed by atoms with Crippen LogP contribution in [-0.4, -0.2) is 13.6 Å². The first-order chi connectivity index (χ1) is 7.65. The molecule has 0 heterocycles. The van der Waals surface area contributed by atoms with Gasteiger partial charge in [0.05, 0.1) is 0 Å². The summed E-state index contributed by atoms with van der Waals surface area (Å²) in [5.74, 6) is 0. The van der Waals surface area contributed by atoms with Crippen LogP contribution in [0.5, 0.6) is 0 Å². The third-order valence-electron chi connectivity index (χ3n) is 2.76. The summed E-state index contributed by atoms with van der Waals surface area (Å²) in [5.41, 5.74) is 8.24. The van der Waals surface area contributed by atoms with Crippen molar-refractivity contribution in [3.63, 3.8) is 0 Å². The summed E-state index contributed by atoms with van der Waals surface area (Å²) < 4.78 is 0. The third kappa shape index (κ3) is 3.70. The predicted molar refractivity (Wildman–Crippen MR) is 71.7 cm³/mol. The molecule has 0 aromatic heterocycles. The number of hydrogen-bond acceptors (Lipinski definition) is 2. The zero-order chi connectivity index (χ0) is 12.0. The van der Waals surface area contributed by atoms with Gasteiger partial charge in [-0.3, -0.25) is 0 Å². The molecule has 0 aliphatic rings. The van der Waals surface area contributed by atoms with Gasteiger partial charge in [0.25, 0.3) is 0 Å². The molecule has 1 atom stereocenters. The predicted octanol–water partition coefficient (Wildman–Crippen LogP) is 3.11. The van der Waals surface area contributed by atoms with E-state index >= 15 is 0 Å². The first-order valence-electron chi connectivity index (χ1n) is 5.82. The number of rotatable bonds is 6. The van der Waals surface area contributed by atoms with E-state index in [4.69, 9.17) is 5.73 Å². The number of benzene rings is 1. The van der Waals surface area contributed by atoms with Crippen LogP contribution in [0, 0.1) is 0 Å². The Balaban J connectivity index is 2.55. The molecule has 1 rings (SSSR count). The minimum absolute atomic E-state index is 0.111. The zero-order valence-corrected chi connectivity index (χ0v) is 10.3. The highest BCUT2D eigenvalue weighted by Gasteiger charge is 2.02. The molecule has 0 bridgehead atoms. The van der Waals surface area contributed by atoms with Crippen LogP contribution in [0.15, 0.2) is 36.9 Å². The van der Waals surface area contributed by atoms with E-state index in [2.05, 4.69) is 42.8 Å². The van der Waals surface area contributed by atoms with Gasteiger partial charge in [0.2, 0.25) is 0 Å². The maximum Gasteiger partial charge on any atom is 0.0363 e. The van der Waals surface area contributed by atoms with Gasteiger partial charge in [0.15, 0.2) is 0 Å². The Bertz CT molecular complexity index is 314. The second-order valence-electron chi connectivity index (χ2n) is 4.23. The summed E-state index contributed by atoms with van der Waals surface area (Å²) in [6.07, 6.45) is 4.18. The molecule has 16 heavy (non-hydrogen) atoms. The molecule has 0 aliphatic carbocycles. The minimum atomic E-state index is 0.111. The lowest BCUT2D eigenvalue weighted by molar-refractivity contribution is 0.797. The summed E-state index contributed by atoms with van der Waals surface area (Å²) in [4.78, 5) is 2.26. The van der Waals surface area contributed by atoms with E-state index in [9.17, 15) is 0 Å². The molecule has 0 spiro atoms. The topological polar surface area (TPSA) is 29.3 Å². The van der Waals surface area contributed by atoms with E-state index in [1.165, 1.54) is 11.3 Å². The Morgan fingerprint density at radius 3 is 2.50 bits per heavy atom. The second kappa shape index (κ2) is 6.33. The fraction of sp³-hybridized carbons (Fsp3) is 0.429. The van der Waals surface area contributed by atoms with Gasteiger partial charge in [-0.05, 0) is 37.5 Å². The Morgan fingerprint density at radius 2 is 2.00 bits per heavy atom. The number of allylic oxidation sites excluding steroid dienone is 1. The zero-order valence-electron chi connectivity index (χ0n) is 10.3. The van der Waals surface area contributed by atoms with Gasteiger partial charge in [-0.25, -0.2) is 0 Å².